The molecule has 1 heterocycles. The highest BCUT2D eigenvalue weighted by atomic mass is 16.5. The Kier molecular flexibility index (Phi) is 3.54. The molecule has 0 saturated carbocycles. The van der Waals surface area contributed by atoms with Crippen LogP contribution in [0.5, 0.6) is 5.75 Å². The molecule has 0 bridgehead atoms. The Morgan fingerprint density at radius 2 is 2.28 bits per heavy atom. The molecule has 0 fully saturated rings. The van der Waals surface area contributed by atoms with Gasteiger partial charge in [0.25, 0.3) is 0 Å². The molecule has 18 heavy (non-hydrogen) atoms. The summed E-state index contributed by atoms with van der Waals surface area (Å²) in [5.41, 5.74) is 1.93. The fraction of sp³-hybridized carbons (Fsp3) is 0.357. The first-order chi connectivity index (χ1) is 8.67. The summed E-state index contributed by atoms with van der Waals surface area (Å²) in [4.78, 5) is 0. The van der Waals surface area contributed by atoms with Crippen molar-refractivity contribution in [1.82, 2.24) is 5.32 Å². The molecule has 2 rings (SSSR count). The highest BCUT2D eigenvalue weighted by molar-refractivity contribution is 5.83. The first-order valence-electron chi connectivity index (χ1n) is 5.84. The zero-order valence-electron chi connectivity index (χ0n) is 10.8. The first kappa shape index (κ1) is 12.5. The van der Waals surface area contributed by atoms with Gasteiger partial charge in [-0.25, -0.2) is 0 Å². The summed E-state index contributed by atoms with van der Waals surface area (Å²) >= 11 is 0. The Balaban J connectivity index is 2.41. The molecule has 94 valence electrons. The number of ether oxygens (including phenoxy) is 1. The molecule has 0 spiro atoms. The van der Waals surface area contributed by atoms with Gasteiger partial charge in [0.2, 0.25) is 0 Å². The second-order valence-electron chi connectivity index (χ2n) is 4.21. The molecule has 0 unspecified atom stereocenters. The van der Waals surface area contributed by atoms with Crippen LogP contribution in [-0.2, 0) is 0 Å². The van der Waals surface area contributed by atoms with Crippen LogP contribution in [0.15, 0.2) is 22.6 Å². The van der Waals surface area contributed by atoms with Crippen LogP contribution >= 0.6 is 0 Å². The Labute approximate surface area is 106 Å². The number of fused-ring (bicyclic) bond motifs is 1. The highest BCUT2D eigenvalue weighted by Crippen LogP contribution is 2.31. The molecule has 1 atom stereocenters. The zero-order valence-corrected chi connectivity index (χ0v) is 10.8. The van der Waals surface area contributed by atoms with Crippen molar-refractivity contribution in [3.05, 3.63) is 29.5 Å². The van der Waals surface area contributed by atoms with Crippen molar-refractivity contribution in [3.8, 4) is 11.8 Å². The Morgan fingerprint density at radius 1 is 1.50 bits per heavy atom. The third-order valence-electron chi connectivity index (χ3n) is 3.06. The van der Waals surface area contributed by atoms with Crippen molar-refractivity contribution in [3.63, 3.8) is 0 Å². The van der Waals surface area contributed by atoms with Crippen molar-refractivity contribution in [2.75, 3.05) is 13.7 Å². The van der Waals surface area contributed by atoms with Gasteiger partial charge in [0.1, 0.15) is 17.1 Å². The summed E-state index contributed by atoms with van der Waals surface area (Å²) in [6, 6.07) is 7.83. The number of nitrogens with one attached hydrogen (secondary N) is 1. The number of furan rings is 1. The zero-order chi connectivity index (χ0) is 13.1. The number of nitrogens with zero attached hydrogens (tertiary/aromatic N) is 1. The molecule has 4 heteroatoms. The molecule has 0 aliphatic heterocycles. The van der Waals surface area contributed by atoms with E-state index in [1.807, 2.05) is 32.0 Å². The average molecular weight is 244 g/mol. The number of nitriles is 1. The quantitative estimate of drug-likeness (QED) is 0.840. The summed E-state index contributed by atoms with van der Waals surface area (Å²) in [7, 11) is 1.65. The summed E-state index contributed by atoms with van der Waals surface area (Å²) in [5, 5.41) is 12.7. The third-order valence-corrected chi connectivity index (χ3v) is 3.06. The van der Waals surface area contributed by atoms with E-state index >= 15 is 0 Å². The van der Waals surface area contributed by atoms with Gasteiger partial charge in [0.05, 0.1) is 25.8 Å². The molecule has 0 aliphatic carbocycles. The van der Waals surface area contributed by atoms with E-state index in [4.69, 9.17) is 14.4 Å². The third kappa shape index (κ3) is 2.18. The van der Waals surface area contributed by atoms with Gasteiger partial charge in [0, 0.05) is 10.9 Å². The highest BCUT2D eigenvalue weighted by Gasteiger charge is 2.16. The Morgan fingerprint density at radius 3 is 2.94 bits per heavy atom. The van der Waals surface area contributed by atoms with Crippen LogP contribution in [0.25, 0.3) is 11.0 Å². The molecule has 0 aliphatic rings. The minimum atomic E-state index is 0.0167. The fourth-order valence-electron chi connectivity index (χ4n) is 2.05. The van der Waals surface area contributed by atoms with Crippen LogP contribution in [0.1, 0.15) is 24.3 Å². The number of hydrogen-bond donors (Lipinski definition) is 1. The van der Waals surface area contributed by atoms with Gasteiger partial charge in [-0.2, -0.15) is 5.26 Å². The van der Waals surface area contributed by atoms with Crippen LogP contribution in [-0.4, -0.2) is 13.7 Å². The number of aryl methyl sites for hydroxylation is 1. The van der Waals surface area contributed by atoms with Crippen LogP contribution in [0, 0.1) is 18.3 Å². The Bertz CT molecular complexity index is 596. The Hall–Kier alpha value is -1.99. The summed E-state index contributed by atoms with van der Waals surface area (Å²) in [6.45, 7) is 4.31. The number of rotatable bonds is 4. The van der Waals surface area contributed by atoms with Gasteiger partial charge in [-0.15, -0.1) is 0 Å². The minimum Gasteiger partial charge on any atom is -0.497 e. The van der Waals surface area contributed by atoms with E-state index in [9.17, 15) is 0 Å². The fourth-order valence-corrected chi connectivity index (χ4v) is 2.05. The largest absolute Gasteiger partial charge is 0.497 e. The van der Waals surface area contributed by atoms with Gasteiger partial charge >= 0.3 is 0 Å². The second kappa shape index (κ2) is 5.11. The lowest BCUT2D eigenvalue weighted by Crippen LogP contribution is -2.18. The number of methoxy groups -OCH3 is 1. The van der Waals surface area contributed by atoms with E-state index in [-0.39, 0.29) is 6.04 Å². The molecule has 1 N–H and O–H groups in total. The van der Waals surface area contributed by atoms with E-state index < -0.39 is 0 Å². The second-order valence-corrected chi connectivity index (χ2v) is 4.21. The summed E-state index contributed by atoms with van der Waals surface area (Å²) in [6.07, 6.45) is 0. The van der Waals surface area contributed by atoms with Gasteiger partial charge in [0.15, 0.2) is 0 Å². The van der Waals surface area contributed by atoms with E-state index in [2.05, 4.69) is 11.4 Å². The van der Waals surface area contributed by atoms with E-state index in [0.29, 0.717) is 6.54 Å². The first-order valence-corrected chi connectivity index (χ1v) is 5.84. The van der Waals surface area contributed by atoms with Crippen molar-refractivity contribution in [1.29, 1.82) is 5.26 Å². The SMILES string of the molecule is COc1ccc2oc([C@H](C)NCC#N)c(C)c2c1. The van der Waals surface area contributed by atoms with Gasteiger partial charge in [-0.3, -0.25) is 5.32 Å². The standard InChI is InChI=1S/C14H16N2O2/c1-9-12-8-11(17-3)4-5-13(12)18-14(9)10(2)16-7-6-15/h4-5,8,10,16H,7H2,1-3H3/t10-/m0/s1. The van der Waals surface area contributed by atoms with Crippen LogP contribution in [0.4, 0.5) is 0 Å². The lowest BCUT2D eigenvalue weighted by molar-refractivity contribution is 0.415. The van der Waals surface area contributed by atoms with Crippen LogP contribution in [0.3, 0.4) is 0 Å². The minimum absolute atomic E-state index is 0.0167. The molecule has 0 radical (unpaired) electrons. The maximum atomic E-state index is 8.58. The molecule has 0 saturated heterocycles. The molecule has 0 amide bonds. The van der Waals surface area contributed by atoms with Gasteiger partial charge in [-0.1, -0.05) is 0 Å². The molecular weight excluding hydrogens is 228 g/mol. The molecule has 2 aromatic rings. The predicted octanol–water partition coefficient (Wildman–Crippen LogP) is 2.92. The van der Waals surface area contributed by atoms with Gasteiger partial charge in [-0.05, 0) is 32.0 Å². The van der Waals surface area contributed by atoms with Crippen LogP contribution < -0.4 is 10.1 Å². The number of benzene rings is 1. The number of hydrogen-bond acceptors (Lipinski definition) is 4. The van der Waals surface area contributed by atoms with Gasteiger partial charge < -0.3 is 9.15 Å². The van der Waals surface area contributed by atoms with Crippen molar-refractivity contribution < 1.29 is 9.15 Å². The van der Waals surface area contributed by atoms with Crippen molar-refractivity contribution in [2.45, 2.75) is 19.9 Å². The smallest absolute Gasteiger partial charge is 0.134 e. The molecule has 4 nitrogen and oxygen atoms in total. The maximum absolute atomic E-state index is 8.58. The van der Waals surface area contributed by atoms with Crippen molar-refractivity contribution >= 4 is 11.0 Å². The van der Waals surface area contributed by atoms with E-state index in [1.165, 1.54) is 0 Å². The average Bonchev–Trinajstić information content (AvgIpc) is 2.73. The van der Waals surface area contributed by atoms with Crippen LogP contribution in [0.2, 0.25) is 0 Å². The normalized spacial score (nSPS) is 12.3. The summed E-state index contributed by atoms with van der Waals surface area (Å²) < 4.78 is 11.0. The molecule has 1 aromatic heterocycles. The predicted molar refractivity (Wildman–Crippen MR) is 69.5 cm³/mol. The van der Waals surface area contributed by atoms with E-state index in [1.54, 1.807) is 7.11 Å². The molecule has 1 aromatic carbocycles. The summed E-state index contributed by atoms with van der Waals surface area (Å²) in [5.74, 6) is 1.68. The molecular formula is C14H16N2O2. The maximum Gasteiger partial charge on any atom is 0.134 e. The lowest BCUT2D eigenvalue weighted by Gasteiger charge is -2.08. The van der Waals surface area contributed by atoms with E-state index in [0.717, 1.165) is 28.0 Å². The lowest BCUT2D eigenvalue weighted by atomic mass is 10.1. The topological polar surface area (TPSA) is 58.2 Å². The van der Waals surface area contributed by atoms with Crippen molar-refractivity contribution in [2.24, 2.45) is 0 Å². The monoisotopic (exact) mass is 244 g/mol.